The molecule has 19 heavy (non-hydrogen) atoms. The summed E-state index contributed by atoms with van der Waals surface area (Å²) in [7, 11) is 1.64. The van der Waals surface area contributed by atoms with Gasteiger partial charge in [-0.3, -0.25) is 9.59 Å². The van der Waals surface area contributed by atoms with E-state index in [1.54, 1.807) is 12.0 Å². The molecule has 1 heterocycles. The van der Waals surface area contributed by atoms with Crippen LogP contribution in [0.25, 0.3) is 0 Å². The van der Waals surface area contributed by atoms with E-state index in [0.29, 0.717) is 19.1 Å². The molecule has 2 amide bonds. The Morgan fingerprint density at radius 2 is 2.16 bits per heavy atom. The highest BCUT2D eigenvalue weighted by molar-refractivity contribution is 5.83. The number of carbonyl (C=O) groups excluding carboxylic acids is 2. The summed E-state index contributed by atoms with van der Waals surface area (Å²) in [6.07, 6.45) is 3.02. The molecule has 1 aliphatic heterocycles. The Labute approximate surface area is 115 Å². The molecule has 0 aromatic heterocycles. The highest BCUT2D eigenvalue weighted by Crippen LogP contribution is 2.15. The zero-order chi connectivity index (χ0) is 14.3. The standard InChI is InChI=1S/C14H26N2O3/c1-12-6-4-7-16(10-12)14(18)11-15(13(2)17)8-5-9-19-3/h12H,4-11H2,1-3H3. The molecule has 1 aliphatic rings. The van der Waals surface area contributed by atoms with Crippen molar-refractivity contribution in [1.82, 2.24) is 9.80 Å². The number of rotatable bonds is 6. The third-order valence-electron chi connectivity index (χ3n) is 3.56. The molecule has 1 rings (SSSR count). The zero-order valence-electron chi connectivity index (χ0n) is 12.4. The van der Waals surface area contributed by atoms with Crippen LogP contribution in [0.2, 0.25) is 0 Å². The van der Waals surface area contributed by atoms with Crippen LogP contribution in [0.15, 0.2) is 0 Å². The first kappa shape index (κ1) is 16.0. The average molecular weight is 270 g/mol. The van der Waals surface area contributed by atoms with Gasteiger partial charge in [0.1, 0.15) is 0 Å². The van der Waals surface area contributed by atoms with Crippen molar-refractivity contribution in [2.24, 2.45) is 5.92 Å². The minimum atomic E-state index is -0.0467. The average Bonchev–Trinajstić information content (AvgIpc) is 2.37. The molecule has 1 fully saturated rings. The molecule has 0 aromatic carbocycles. The lowest BCUT2D eigenvalue weighted by molar-refractivity contribution is -0.140. The Balaban J connectivity index is 2.43. The van der Waals surface area contributed by atoms with Crippen LogP contribution in [0.3, 0.4) is 0 Å². The van der Waals surface area contributed by atoms with Crippen molar-refractivity contribution in [3.63, 3.8) is 0 Å². The minimum Gasteiger partial charge on any atom is -0.385 e. The van der Waals surface area contributed by atoms with Crippen molar-refractivity contribution in [2.45, 2.75) is 33.1 Å². The number of carbonyl (C=O) groups is 2. The van der Waals surface area contributed by atoms with Gasteiger partial charge in [0.05, 0.1) is 6.54 Å². The molecule has 1 saturated heterocycles. The van der Waals surface area contributed by atoms with E-state index in [9.17, 15) is 9.59 Å². The topological polar surface area (TPSA) is 49.9 Å². The Morgan fingerprint density at radius 1 is 1.42 bits per heavy atom. The van der Waals surface area contributed by atoms with Crippen LogP contribution < -0.4 is 0 Å². The first-order valence-corrected chi connectivity index (χ1v) is 7.06. The molecule has 0 aromatic rings. The molecule has 1 unspecified atom stereocenters. The molecule has 0 bridgehead atoms. The van der Waals surface area contributed by atoms with Crippen LogP contribution in [-0.4, -0.2) is 61.5 Å². The van der Waals surface area contributed by atoms with Gasteiger partial charge in [-0.05, 0) is 25.2 Å². The van der Waals surface area contributed by atoms with Gasteiger partial charge in [0.25, 0.3) is 0 Å². The summed E-state index contributed by atoms with van der Waals surface area (Å²) in [5, 5.41) is 0. The van der Waals surface area contributed by atoms with E-state index < -0.39 is 0 Å². The van der Waals surface area contributed by atoms with E-state index in [1.165, 1.54) is 13.3 Å². The molecular formula is C14H26N2O3. The van der Waals surface area contributed by atoms with Crippen LogP contribution in [0.4, 0.5) is 0 Å². The number of ether oxygens (including phenoxy) is 1. The van der Waals surface area contributed by atoms with Crippen molar-refractivity contribution in [3.05, 3.63) is 0 Å². The van der Waals surface area contributed by atoms with Crippen molar-refractivity contribution >= 4 is 11.8 Å². The normalized spacial score (nSPS) is 19.3. The molecule has 0 aliphatic carbocycles. The number of piperidine rings is 1. The molecule has 5 nitrogen and oxygen atoms in total. The predicted octanol–water partition coefficient (Wildman–Crippen LogP) is 1.13. The van der Waals surface area contributed by atoms with Crippen molar-refractivity contribution in [2.75, 3.05) is 39.9 Å². The molecule has 0 radical (unpaired) electrons. The molecular weight excluding hydrogens is 244 g/mol. The molecule has 5 heteroatoms. The molecule has 0 spiro atoms. The minimum absolute atomic E-state index is 0.0467. The maximum Gasteiger partial charge on any atom is 0.242 e. The molecule has 0 saturated carbocycles. The Kier molecular flexibility index (Phi) is 6.84. The number of likely N-dealkylation sites (tertiary alicyclic amines) is 1. The van der Waals surface area contributed by atoms with Crippen LogP contribution in [0.1, 0.15) is 33.1 Å². The second kappa shape index (κ2) is 8.15. The number of hydrogen-bond acceptors (Lipinski definition) is 3. The summed E-state index contributed by atoms with van der Waals surface area (Å²) < 4.78 is 4.97. The van der Waals surface area contributed by atoms with E-state index >= 15 is 0 Å². The van der Waals surface area contributed by atoms with Gasteiger partial charge in [-0.1, -0.05) is 6.92 Å². The third-order valence-corrected chi connectivity index (χ3v) is 3.56. The van der Waals surface area contributed by atoms with Gasteiger partial charge in [-0.15, -0.1) is 0 Å². The smallest absolute Gasteiger partial charge is 0.242 e. The Hall–Kier alpha value is -1.10. The van der Waals surface area contributed by atoms with E-state index in [4.69, 9.17) is 4.74 Å². The largest absolute Gasteiger partial charge is 0.385 e. The fourth-order valence-electron chi connectivity index (χ4n) is 2.43. The third kappa shape index (κ3) is 5.59. The van der Waals surface area contributed by atoms with Crippen molar-refractivity contribution in [3.8, 4) is 0 Å². The van der Waals surface area contributed by atoms with Gasteiger partial charge in [0.15, 0.2) is 0 Å². The lowest BCUT2D eigenvalue weighted by Gasteiger charge is -2.32. The number of nitrogens with zero attached hydrogens (tertiary/aromatic N) is 2. The highest BCUT2D eigenvalue weighted by Gasteiger charge is 2.23. The summed E-state index contributed by atoms with van der Waals surface area (Å²) in [6, 6.07) is 0. The summed E-state index contributed by atoms with van der Waals surface area (Å²) in [6.45, 7) is 6.72. The summed E-state index contributed by atoms with van der Waals surface area (Å²) in [5.41, 5.74) is 0. The monoisotopic (exact) mass is 270 g/mol. The summed E-state index contributed by atoms with van der Waals surface area (Å²) in [5.74, 6) is 0.589. The SMILES string of the molecule is COCCCN(CC(=O)N1CCCC(C)C1)C(C)=O. The zero-order valence-corrected chi connectivity index (χ0v) is 12.4. The first-order valence-electron chi connectivity index (χ1n) is 7.06. The number of hydrogen-bond donors (Lipinski definition) is 0. The van der Waals surface area contributed by atoms with E-state index in [-0.39, 0.29) is 18.4 Å². The predicted molar refractivity (Wildman–Crippen MR) is 73.7 cm³/mol. The maximum absolute atomic E-state index is 12.2. The molecule has 110 valence electrons. The lowest BCUT2D eigenvalue weighted by atomic mass is 10.0. The molecule has 1 atom stereocenters. The van der Waals surface area contributed by atoms with Gasteiger partial charge in [-0.2, -0.15) is 0 Å². The van der Waals surface area contributed by atoms with Crippen molar-refractivity contribution in [1.29, 1.82) is 0 Å². The summed E-state index contributed by atoms with van der Waals surface area (Å²) >= 11 is 0. The van der Waals surface area contributed by atoms with Crippen LogP contribution in [0, 0.1) is 5.92 Å². The Morgan fingerprint density at radius 3 is 2.74 bits per heavy atom. The van der Waals surface area contributed by atoms with Gasteiger partial charge < -0.3 is 14.5 Å². The quantitative estimate of drug-likeness (QED) is 0.680. The summed E-state index contributed by atoms with van der Waals surface area (Å²) in [4.78, 5) is 27.2. The fraction of sp³-hybridized carbons (Fsp3) is 0.857. The second-order valence-corrected chi connectivity index (χ2v) is 5.37. The van der Waals surface area contributed by atoms with E-state index in [1.807, 2.05) is 4.90 Å². The van der Waals surface area contributed by atoms with Gasteiger partial charge in [-0.25, -0.2) is 0 Å². The van der Waals surface area contributed by atoms with Crippen LogP contribution in [-0.2, 0) is 14.3 Å². The number of amides is 2. The van der Waals surface area contributed by atoms with Crippen LogP contribution >= 0.6 is 0 Å². The first-order chi connectivity index (χ1) is 9.04. The fourth-order valence-corrected chi connectivity index (χ4v) is 2.43. The number of methoxy groups -OCH3 is 1. The van der Waals surface area contributed by atoms with E-state index in [0.717, 1.165) is 25.9 Å². The van der Waals surface area contributed by atoms with Crippen molar-refractivity contribution < 1.29 is 14.3 Å². The Bertz CT molecular complexity index is 307. The van der Waals surface area contributed by atoms with Gasteiger partial charge in [0.2, 0.25) is 11.8 Å². The second-order valence-electron chi connectivity index (χ2n) is 5.37. The lowest BCUT2D eigenvalue weighted by Crippen LogP contribution is -2.46. The molecule has 0 N–H and O–H groups in total. The van der Waals surface area contributed by atoms with Gasteiger partial charge >= 0.3 is 0 Å². The van der Waals surface area contributed by atoms with E-state index in [2.05, 4.69) is 6.92 Å². The van der Waals surface area contributed by atoms with Crippen LogP contribution in [0.5, 0.6) is 0 Å². The van der Waals surface area contributed by atoms with Gasteiger partial charge in [0, 0.05) is 40.3 Å². The maximum atomic E-state index is 12.2. The highest BCUT2D eigenvalue weighted by atomic mass is 16.5.